The zero-order valence-electron chi connectivity index (χ0n) is 18.6. The molecular weight excluding hydrogens is 410 g/mol. The van der Waals surface area contributed by atoms with E-state index in [0.717, 1.165) is 44.1 Å². The van der Waals surface area contributed by atoms with Crippen molar-refractivity contribution in [1.82, 2.24) is 0 Å². The molecule has 0 saturated carbocycles. The molecule has 0 rings (SSSR count). The van der Waals surface area contributed by atoms with Crippen molar-refractivity contribution >= 4 is 15.4 Å². The van der Waals surface area contributed by atoms with Crippen LogP contribution in [0.4, 0.5) is 0 Å². The van der Waals surface area contributed by atoms with Crippen LogP contribution >= 0.6 is 15.4 Å². The maximum atomic E-state index is 11.3. The highest BCUT2D eigenvalue weighted by atomic mass is 31.3. The molecule has 2 unspecified atom stereocenters. The zero-order chi connectivity index (χ0) is 22.5. The van der Waals surface area contributed by atoms with Gasteiger partial charge in [-0.2, -0.15) is 0 Å². The lowest BCUT2D eigenvalue weighted by Crippen LogP contribution is -2.11. The lowest BCUT2D eigenvalue weighted by Gasteiger charge is -2.28. The van der Waals surface area contributed by atoms with Gasteiger partial charge in [0, 0.05) is 6.66 Å². The third-order valence-corrected chi connectivity index (χ3v) is 6.52. The van der Waals surface area contributed by atoms with E-state index in [1.54, 1.807) is 6.08 Å². The van der Waals surface area contributed by atoms with E-state index in [1.807, 2.05) is 6.92 Å². The van der Waals surface area contributed by atoms with Crippen LogP contribution in [-0.4, -0.2) is 13.3 Å². The summed E-state index contributed by atoms with van der Waals surface area (Å²) in [7, 11) is -9.23. The van der Waals surface area contributed by atoms with Gasteiger partial charge in [0.15, 0.2) is 0 Å². The molecule has 0 spiro atoms. The fourth-order valence-corrected chi connectivity index (χ4v) is 4.36. The molecule has 0 bridgehead atoms. The topological polar surface area (TPSA) is 98.7 Å². The van der Waals surface area contributed by atoms with E-state index < -0.39 is 15.4 Å². The van der Waals surface area contributed by atoms with E-state index in [4.69, 9.17) is 0 Å². The lowest BCUT2D eigenvalue weighted by molar-refractivity contribution is -0.230. The van der Waals surface area contributed by atoms with Crippen molar-refractivity contribution in [2.45, 2.75) is 73.1 Å². The molecule has 0 aromatic carbocycles. The van der Waals surface area contributed by atoms with Crippen LogP contribution in [-0.2, 0) is 18.0 Å². The third kappa shape index (κ3) is 19.0. The molecule has 0 fully saturated rings. The van der Waals surface area contributed by atoms with Crippen LogP contribution in [0.15, 0.2) is 46.6 Å². The Morgan fingerprint density at radius 2 is 1.17 bits per heavy atom. The van der Waals surface area contributed by atoms with E-state index >= 15 is 0 Å². The van der Waals surface area contributed by atoms with Crippen molar-refractivity contribution in [3.8, 4) is 0 Å². The monoisotopic (exact) mass is 446 g/mol. The summed E-state index contributed by atoms with van der Waals surface area (Å²) < 4.78 is 30.7. The predicted molar refractivity (Wildman–Crippen MR) is 117 cm³/mol. The predicted octanol–water partition coefficient (Wildman–Crippen LogP) is 5.82. The molecule has 2 atom stereocenters. The fourth-order valence-electron chi connectivity index (χ4n) is 2.46. The lowest BCUT2D eigenvalue weighted by atomic mass is 10.0. The van der Waals surface area contributed by atoms with Crippen molar-refractivity contribution in [2.24, 2.45) is 0 Å². The average Bonchev–Trinajstić information content (AvgIpc) is 2.51. The number of hydrogen-bond donors (Lipinski definition) is 0. The average molecular weight is 446 g/mol. The Bertz CT molecular complexity index is 709. The van der Waals surface area contributed by atoms with Crippen molar-refractivity contribution in [3.63, 3.8) is 0 Å². The summed E-state index contributed by atoms with van der Waals surface area (Å²) in [5.74, 6) is 0. The van der Waals surface area contributed by atoms with Gasteiger partial charge in [-0.15, -0.1) is 0 Å². The standard InChI is InChI=1S/C21H38O6P2/c1-18(2)10-7-11-19(3)12-8-13-20(4)14-9-15-21(5)16-17-26-29(24,25)27-28(6,22)23/h10,12,14,16H,7-9,11,13,15,17H2,1-6H3,(H,22,23)(H,24,25)/p-2/b19-12+,20-14-,21-16+. The van der Waals surface area contributed by atoms with Gasteiger partial charge < -0.3 is 18.9 Å². The van der Waals surface area contributed by atoms with Crippen LogP contribution in [0.1, 0.15) is 73.1 Å². The molecule has 0 aliphatic rings. The van der Waals surface area contributed by atoms with Crippen molar-refractivity contribution in [1.29, 1.82) is 0 Å². The molecule has 0 amide bonds. The zero-order valence-corrected chi connectivity index (χ0v) is 20.4. The Morgan fingerprint density at radius 3 is 1.59 bits per heavy atom. The second-order valence-corrected chi connectivity index (χ2v) is 11.0. The maximum Gasteiger partial charge on any atom is 0.273 e. The van der Waals surface area contributed by atoms with Crippen LogP contribution in [0, 0.1) is 0 Å². The van der Waals surface area contributed by atoms with Crippen LogP contribution in [0.5, 0.6) is 0 Å². The van der Waals surface area contributed by atoms with Gasteiger partial charge in [0.25, 0.3) is 7.82 Å². The minimum Gasteiger partial charge on any atom is -0.778 e. The molecular formula is C21H36O6P2-2. The third-order valence-electron chi connectivity index (χ3n) is 4.07. The highest BCUT2D eigenvalue weighted by Crippen LogP contribution is 2.52. The molecule has 0 aromatic heterocycles. The van der Waals surface area contributed by atoms with E-state index in [2.05, 4.69) is 54.8 Å². The first kappa shape index (κ1) is 28.3. The summed E-state index contributed by atoms with van der Waals surface area (Å²) in [6, 6.07) is 0. The Labute approximate surface area is 176 Å². The van der Waals surface area contributed by atoms with E-state index in [1.165, 1.54) is 16.7 Å². The molecule has 8 heteroatoms. The first-order chi connectivity index (χ1) is 13.3. The second kappa shape index (κ2) is 14.3. The minimum atomic E-state index is -4.84. The molecule has 6 nitrogen and oxygen atoms in total. The van der Waals surface area contributed by atoms with E-state index in [9.17, 15) is 18.9 Å². The molecule has 0 aromatic rings. The Morgan fingerprint density at radius 1 is 0.759 bits per heavy atom. The quantitative estimate of drug-likeness (QED) is 0.246. The van der Waals surface area contributed by atoms with Crippen molar-refractivity contribution in [3.05, 3.63) is 46.6 Å². The van der Waals surface area contributed by atoms with Gasteiger partial charge in [-0.3, -0.25) is 8.88 Å². The molecule has 0 N–H and O–H groups in total. The summed E-state index contributed by atoms with van der Waals surface area (Å²) >= 11 is 0. The van der Waals surface area contributed by atoms with Gasteiger partial charge in [0.1, 0.15) is 7.60 Å². The van der Waals surface area contributed by atoms with Crippen LogP contribution in [0.25, 0.3) is 0 Å². The van der Waals surface area contributed by atoms with Crippen LogP contribution in [0.2, 0.25) is 0 Å². The molecule has 0 heterocycles. The Hall–Kier alpha value is -0.740. The van der Waals surface area contributed by atoms with Gasteiger partial charge in [-0.05, 0) is 73.1 Å². The summed E-state index contributed by atoms with van der Waals surface area (Å²) in [5, 5.41) is 0. The van der Waals surface area contributed by atoms with Gasteiger partial charge in [-0.1, -0.05) is 46.6 Å². The molecule has 0 aliphatic carbocycles. The molecule has 0 aliphatic heterocycles. The number of rotatable bonds is 14. The van der Waals surface area contributed by atoms with E-state index in [-0.39, 0.29) is 6.61 Å². The Kier molecular flexibility index (Phi) is 13.9. The normalized spacial score (nSPS) is 17.6. The highest BCUT2D eigenvalue weighted by molar-refractivity contribution is 7.62. The molecule has 168 valence electrons. The molecule has 0 saturated heterocycles. The van der Waals surface area contributed by atoms with Crippen molar-refractivity contribution in [2.75, 3.05) is 13.3 Å². The first-order valence-electron chi connectivity index (χ1n) is 9.86. The summed E-state index contributed by atoms with van der Waals surface area (Å²) in [6.07, 6.45) is 14.3. The van der Waals surface area contributed by atoms with Gasteiger partial charge >= 0.3 is 0 Å². The summed E-state index contributed by atoms with van der Waals surface area (Å²) in [4.78, 5) is 22.2. The van der Waals surface area contributed by atoms with Crippen LogP contribution < -0.4 is 9.79 Å². The van der Waals surface area contributed by atoms with E-state index in [0.29, 0.717) is 6.66 Å². The minimum absolute atomic E-state index is 0.244. The van der Waals surface area contributed by atoms with Gasteiger partial charge in [0.05, 0.1) is 6.61 Å². The first-order valence-corrected chi connectivity index (χ1v) is 13.3. The highest BCUT2D eigenvalue weighted by Gasteiger charge is 2.13. The Balaban J connectivity index is 4.20. The fraction of sp³-hybridized carbons (Fsp3) is 0.619. The largest absolute Gasteiger partial charge is 0.778 e. The summed E-state index contributed by atoms with van der Waals surface area (Å²) in [5.41, 5.74) is 5.07. The van der Waals surface area contributed by atoms with Crippen molar-refractivity contribution < 1.29 is 27.8 Å². The molecule has 29 heavy (non-hydrogen) atoms. The maximum absolute atomic E-state index is 11.3. The number of allylic oxidation sites excluding steroid dienone is 7. The van der Waals surface area contributed by atoms with Gasteiger partial charge in [-0.25, -0.2) is 0 Å². The number of hydrogen-bond acceptors (Lipinski definition) is 6. The second-order valence-electron chi connectivity index (χ2n) is 7.64. The van der Waals surface area contributed by atoms with Gasteiger partial charge in [0.2, 0.25) is 0 Å². The number of phosphoric acid groups is 1. The summed E-state index contributed by atoms with van der Waals surface area (Å²) in [6.45, 7) is 10.8. The number of phosphoric ester groups is 1. The smallest absolute Gasteiger partial charge is 0.273 e. The van der Waals surface area contributed by atoms with Crippen LogP contribution in [0.3, 0.4) is 0 Å². The SMILES string of the molecule is CC(C)=CCC/C(C)=C/CC/C(C)=C\CC/C(C)=C/COP(=O)([O-])OP(C)(=O)[O-]. The molecule has 0 radical (unpaired) electrons.